The number of rotatable bonds is 7. The number of benzene rings is 3. The van der Waals surface area contributed by atoms with E-state index < -0.39 is 0 Å². The van der Waals surface area contributed by atoms with E-state index in [0.717, 1.165) is 37.3 Å². The summed E-state index contributed by atoms with van der Waals surface area (Å²) in [7, 11) is 2.07. The predicted octanol–water partition coefficient (Wildman–Crippen LogP) is 4.68. The number of thioether (sulfide) groups is 1. The zero-order chi connectivity index (χ0) is 24.9. The van der Waals surface area contributed by atoms with Crippen molar-refractivity contribution in [2.75, 3.05) is 33.2 Å². The fourth-order valence-corrected chi connectivity index (χ4v) is 5.20. The number of carbonyl (C=O) groups excluding carboxylic acids is 1. The van der Waals surface area contributed by atoms with Crippen LogP contribution in [0.3, 0.4) is 0 Å². The lowest BCUT2D eigenvalue weighted by molar-refractivity contribution is 0.0664. The van der Waals surface area contributed by atoms with Crippen LogP contribution in [0, 0.1) is 5.82 Å². The summed E-state index contributed by atoms with van der Waals surface area (Å²) in [6.45, 7) is 3.26. The van der Waals surface area contributed by atoms with Crippen LogP contribution >= 0.6 is 11.8 Å². The molecule has 1 amide bonds. The smallest absolute Gasteiger partial charge is 0.253 e. The van der Waals surface area contributed by atoms with Gasteiger partial charge in [0.2, 0.25) is 0 Å². The summed E-state index contributed by atoms with van der Waals surface area (Å²) >= 11 is 1.48. The van der Waals surface area contributed by atoms with Crippen LogP contribution < -0.4 is 0 Å². The maximum Gasteiger partial charge on any atom is 0.253 e. The van der Waals surface area contributed by atoms with E-state index in [4.69, 9.17) is 0 Å². The first kappa shape index (κ1) is 24.2. The minimum Gasteiger partial charge on any atom is -0.336 e. The van der Waals surface area contributed by atoms with Crippen LogP contribution in [-0.2, 0) is 12.2 Å². The summed E-state index contributed by atoms with van der Waals surface area (Å²) in [6, 6.07) is 24.4. The second-order valence-corrected chi connectivity index (χ2v) is 9.88. The van der Waals surface area contributed by atoms with Crippen molar-refractivity contribution in [2.24, 2.45) is 0 Å². The average Bonchev–Trinajstić information content (AvgIpc) is 3.30. The molecule has 1 saturated heterocycles. The Labute approximate surface area is 214 Å². The Kier molecular flexibility index (Phi) is 7.44. The fourth-order valence-electron chi connectivity index (χ4n) is 4.30. The normalized spacial score (nSPS) is 14.2. The Morgan fingerprint density at radius 2 is 1.61 bits per heavy atom. The molecule has 2 heterocycles. The fraction of sp³-hybridized carbons (Fsp3) is 0.250. The lowest BCUT2D eigenvalue weighted by Crippen LogP contribution is -2.47. The summed E-state index contributed by atoms with van der Waals surface area (Å²) < 4.78 is 16.6. The van der Waals surface area contributed by atoms with E-state index >= 15 is 0 Å². The summed E-state index contributed by atoms with van der Waals surface area (Å²) in [6.07, 6.45) is 0.539. The molecule has 1 aliphatic heterocycles. The van der Waals surface area contributed by atoms with Gasteiger partial charge in [0.25, 0.3) is 5.91 Å². The van der Waals surface area contributed by atoms with Gasteiger partial charge in [0.15, 0.2) is 5.16 Å². The molecule has 0 atom stereocenters. The molecule has 36 heavy (non-hydrogen) atoms. The second-order valence-electron chi connectivity index (χ2n) is 8.93. The van der Waals surface area contributed by atoms with Crippen molar-refractivity contribution in [2.45, 2.75) is 17.3 Å². The maximum absolute atomic E-state index is 14.8. The van der Waals surface area contributed by atoms with Gasteiger partial charge in [0.05, 0.1) is 5.69 Å². The molecule has 5 rings (SSSR count). The minimum absolute atomic E-state index is 0.0645. The molecule has 6 nitrogen and oxygen atoms in total. The topological polar surface area (TPSA) is 54.3 Å². The molecule has 1 aromatic heterocycles. The van der Waals surface area contributed by atoms with E-state index in [1.165, 1.54) is 17.8 Å². The van der Waals surface area contributed by atoms with Crippen molar-refractivity contribution in [3.63, 3.8) is 0 Å². The van der Waals surface area contributed by atoms with E-state index in [9.17, 15) is 9.18 Å². The van der Waals surface area contributed by atoms with Crippen molar-refractivity contribution in [1.29, 1.82) is 0 Å². The zero-order valence-electron chi connectivity index (χ0n) is 20.2. The largest absolute Gasteiger partial charge is 0.336 e. The van der Waals surface area contributed by atoms with E-state index in [1.807, 2.05) is 65.6 Å². The van der Waals surface area contributed by atoms with Gasteiger partial charge in [-0.2, -0.15) is 0 Å². The second kappa shape index (κ2) is 11.1. The lowest BCUT2D eigenvalue weighted by atomic mass is 10.1. The van der Waals surface area contributed by atoms with Crippen LogP contribution in [-0.4, -0.2) is 63.7 Å². The van der Waals surface area contributed by atoms with Gasteiger partial charge in [0, 0.05) is 43.9 Å². The monoisotopic (exact) mass is 501 g/mol. The summed E-state index contributed by atoms with van der Waals surface area (Å²) in [5.41, 5.74) is 3.20. The van der Waals surface area contributed by atoms with Gasteiger partial charge in [-0.3, -0.25) is 9.36 Å². The molecule has 4 aromatic rings. The number of aromatic nitrogens is 3. The number of para-hydroxylation sites is 1. The Bertz CT molecular complexity index is 1330. The first-order valence-electron chi connectivity index (χ1n) is 12.0. The Hall–Kier alpha value is -3.49. The summed E-state index contributed by atoms with van der Waals surface area (Å²) in [5, 5.41) is 9.44. The molecule has 3 aromatic carbocycles. The molecule has 0 spiro atoms. The van der Waals surface area contributed by atoms with Gasteiger partial charge >= 0.3 is 0 Å². The highest BCUT2D eigenvalue weighted by molar-refractivity contribution is 7.98. The number of hydrogen-bond acceptors (Lipinski definition) is 5. The first-order chi connectivity index (χ1) is 17.6. The highest BCUT2D eigenvalue weighted by Crippen LogP contribution is 2.28. The van der Waals surface area contributed by atoms with Crippen LogP contribution in [0.5, 0.6) is 0 Å². The summed E-state index contributed by atoms with van der Waals surface area (Å²) in [4.78, 5) is 17.2. The van der Waals surface area contributed by atoms with Crippen molar-refractivity contribution >= 4 is 17.7 Å². The van der Waals surface area contributed by atoms with Crippen molar-refractivity contribution < 1.29 is 9.18 Å². The third-order valence-corrected chi connectivity index (χ3v) is 7.33. The van der Waals surface area contributed by atoms with Crippen molar-refractivity contribution in [1.82, 2.24) is 24.6 Å². The van der Waals surface area contributed by atoms with Crippen LogP contribution in [0.1, 0.15) is 27.3 Å². The molecule has 0 unspecified atom stereocenters. The zero-order valence-corrected chi connectivity index (χ0v) is 21.0. The molecule has 184 valence electrons. The Balaban J connectivity index is 1.37. The molecule has 0 bridgehead atoms. The van der Waals surface area contributed by atoms with Crippen LogP contribution in [0.25, 0.3) is 5.69 Å². The third kappa shape index (κ3) is 5.50. The maximum atomic E-state index is 14.8. The van der Waals surface area contributed by atoms with Crippen molar-refractivity contribution in [3.05, 3.63) is 107 Å². The SMILES string of the molecule is CN1CCN(C(=O)c2cccc(CSc3nnc(Cc4ccccc4)n3-c3ccccc3F)c2)CC1. The lowest BCUT2D eigenvalue weighted by Gasteiger charge is -2.32. The van der Waals surface area contributed by atoms with E-state index in [1.54, 1.807) is 16.7 Å². The molecule has 0 N–H and O–H groups in total. The number of hydrogen-bond donors (Lipinski definition) is 0. The average molecular weight is 502 g/mol. The quantitative estimate of drug-likeness (QED) is 0.344. The van der Waals surface area contributed by atoms with E-state index in [-0.39, 0.29) is 11.7 Å². The Morgan fingerprint density at radius 1 is 0.889 bits per heavy atom. The molecule has 0 aliphatic carbocycles. The molecular weight excluding hydrogens is 473 g/mol. The van der Waals surface area contributed by atoms with Gasteiger partial charge in [-0.1, -0.05) is 66.4 Å². The number of likely N-dealkylation sites (N-methyl/N-ethyl adjacent to an activating group) is 1. The highest BCUT2D eigenvalue weighted by atomic mass is 32.2. The molecule has 8 heteroatoms. The van der Waals surface area contributed by atoms with E-state index in [0.29, 0.717) is 34.4 Å². The predicted molar refractivity (Wildman–Crippen MR) is 140 cm³/mol. The Morgan fingerprint density at radius 3 is 2.39 bits per heavy atom. The number of nitrogens with zero attached hydrogens (tertiary/aromatic N) is 5. The minimum atomic E-state index is -0.326. The van der Waals surface area contributed by atoms with Crippen LogP contribution in [0.15, 0.2) is 84.0 Å². The molecule has 0 saturated carbocycles. The highest BCUT2D eigenvalue weighted by Gasteiger charge is 2.21. The van der Waals surface area contributed by atoms with Gasteiger partial charge in [-0.15, -0.1) is 10.2 Å². The number of halogens is 1. The van der Waals surface area contributed by atoms with Crippen molar-refractivity contribution in [3.8, 4) is 5.69 Å². The van der Waals surface area contributed by atoms with Crippen LogP contribution in [0.2, 0.25) is 0 Å². The standard InChI is InChI=1S/C28H28FN5OS/c1-32-14-16-33(17-15-32)27(35)23-11-7-10-22(18-23)20-36-28-31-30-26(19-21-8-3-2-4-9-21)34(28)25-13-6-5-12-24(25)29/h2-13,18H,14-17,19-20H2,1H3. The summed E-state index contributed by atoms with van der Waals surface area (Å²) in [5.74, 6) is 0.998. The third-order valence-electron chi connectivity index (χ3n) is 6.33. The molecule has 1 fully saturated rings. The number of carbonyl (C=O) groups is 1. The number of amides is 1. The van der Waals surface area contributed by atoms with Crippen LogP contribution in [0.4, 0.5) is 4.39 Å². The van der Waals surface area contributed by atoms with Gasteiger partial charge in [0.1, 0.15) is 11.6 Å². The molecule has 0 radical (unpaired) electrons. The van der Waals surface area contributed by atoms with Gasteiger partial charge in [-0.05, 0) is 42.4 Å². The number of piperazine rings is 1. The van der Waals surface area contributed by atoms with Gasteiger partial charge < -0.3 is 9.80 Å². The first-order valence-corrected chi connectivity index (χ1v) is 13.0. The van der Waals surface area contributed by atoms with E-state index in [2.05, 4.69) is 22.1 Å². The molecular formula is C28H28FN5OS. The molecule has 1 aliphatic rings. The van der Waals surface area contributed by atoms with Gasteiger partial charge in [-0.25, -0.2) is 4.39 Å².